The summed E-state index contributed by atoms with van der Waals surface area (Å²) < 4.78 is 0. The zero-order valence-electron chi connectivity index (χ0n) is 12.6. The van der Waals surface area contributed by atoms with Crippen molar-refractivity contribution in [3.63, 3.8) is 0 Å². The molecule has 1 aromatic heterocycles. The lowest BCUT2D eigenvalue weighted by molar-refractivity contribution is 0.0640. The lowest BCUT2D eigenvalue weighted by Crippen LogP contribution is -2.40. The first kappa shape index (κ1) is 14.5. The van der Waals surface area contributed by atoms with E-state index in [1.807, 2.05) is 6.07 Å². The summed E-state index contributed by atoms with van der Waals surface area (Å²) >= 11 is 0. The maximum absolute atomic E-state index is 11.0. The van der Waals surface area contributed by atoms with Gasteiger partial charge in [-0.25, -0.2) is 9.78 Å². The van der Waals surface area contributed by atoms with Crippen molar-refractivity contribution < 1.29 is 9.90 Å². The molecular formula is C17H24N2O2. The molecule has 1 aliphatic carbocycles. The maximum Gasteiger partial charge on any atom is 0.354 e. The van der Waals surface area contributed by atoms with Gasteiger partial charge in [-0.05, 0) is 61.9 Å². The third-order valence-corrected chi connectivity index (χ3v) is 5.28. The molecule has 114 valence electrons. The van der Waals surface area contributed by atoms with Crippen LogP contribution in [0.3, 0.4) is 0 Å². The average molecular weight is 288 g/mol. The highest BCUT2D eigenvalue weighted by atomic mass is 16.4. The Morgan fingerprint density at radius 3 is 2.57 bits per heavy atom. The van der Waals surface area contributed by atoms with Gasteiger partial charge in [0.15, 0.2) is 0 Å². The molecule has 4 nitrogen and oxygen atoms in total. The number of nitrogens with zero attached hydrogens (tertiary/aromatic N) is 2. The number of piperidine rings is 1. The van der Waals surface area contributed by atoms with E-state index in [4.69, 9.17) is 5.11 Å². The zero-order chi connectivity index (χ0) is 14.7. The Morgan fingerprint density at radius 1 is 1.19 bits per heavy atom. The standard InChI is InChI=1S/C17H24N2O2/c20-16(21)15-12-14(4-9-18-15)13-19-10-7-17(8-11-19)5-2-1-3-6-17/h4,9,12H,1-3,5-8,10-11,13H2,(H,20,21). The molecule has 2 fully saturated rings. The van der Waals surface area contributed by atoms with E-state index < -0.39 is 5.97 Å². The van der Waals surface area contributed by atoms with Crippen molar-refractivity contribution in [1.82, 2.24) is 9.88 Å². The monoisotopic (exact) mass is 288 g/mol. The second kappa shape index (κ2) is 6.14. The van der Waals surface area contributed by atoms with Gasteiger partial charge < -0.3 is 5.11 Å². The minimum Gasteiger partial charge on any atom is -0.477 e. The first-order valence-electron chi connectivity index (χ1n) is 8.08. The van der Waals surface area contributed by atoms with E-state index in [0.29, 0.717) is 5.41 Å². The zero-order valence-corrected chi connectivity index (χ0v) is 12.6. The van der Waals surface area contributed by atoms with Crippen LogP contribution in [-0.4, -0.2) is 34.0 Å². The summed E-state index contributed by atoms with van der Waals surface area (Å²) in [5.41, 5.74) is 1.83. The number of aromatic nitrogens is 1. The number of carbonyl (C=O) groups is 1. The molecule has 3 rings (SSSR count). The number of pyridine rings is 1. The van der Waals surface area contributed by atoms with Gasteiger partial charge in [0.05, 0.1) is 0 Å². The molecule has 0 amide bonds. The SMILES string of the molecule is O=C(O)c1cc(CN2CCC3(CCCCC3)CC2)ccn1. The molecule has 2 heterocycles. The molecule has 2 aliphatic rings. The Kier molecular flexibility index (Phi) is 4.24. The molecule has 1 aliphatic heterocycles. The summed E-state index contributed by atoms with van der Waals surface area (Å²) in [6, 6.07) is 3.63. The van der Waals surface area contributed by atoms with Gasteiger partial charge in [-0.1, -0.05) is 19.3 Å². The highest BCUT2D eigenvalue weighted by Gasteiger charge is 2.35. The highest BCUT2D eigenvalue weighted by molar-refractivity contribution is 5.85. The molecule has 1 saturated carbocycles. The highest BCUT2D eigenvalue weighted by Crippen LogP contribution is 2.44. The van der Waals surface area contributed by atoms with E-state index in [-0.39, 0.29) is 5.69 Å². The van der Waals surface area contributed by atoms with Gasteiger partial charge in [-0.2, -0.15) is 0 Å². The molecule has 1 spiro atoms. The van der Waals surface area contributed by atoms with Crippen LogP contribution in [0.15, 0.2) is 18.3 Å². The normalized spacial score (nSPS) is 22.3. The molecule has 4 heteroatoms. The van der Waals surface area contributed by atoms with Crippen molar-refractivity contribution in [3.05, 3.63) is 29.6 Å². The largest absolute Gasteiger partial charge is 0.477 e. The summed E-state index contributed by atoms with van der Waals surface area (Å²) in [6.45, 7) is 3.13. The number of rotatable bonds is 3. The van der Waals surface area contributed by atoms with Crippen LogP contribution in [0.1, 0.15) is 61.0 Å². The number of hydrogen-bond acceptors (Lipinski definition) is 3. The minimum absolute atomic E-state index is 0.147. The van der Waals surface area contributed by atoms with Crippen LogP contribution in [0.4, 0.5) is 0 Å². The van der Waals surface area contributed by atoms with Gasteiger partial charge in [0, 0.05) is 12.7 Å². The van der Waals surface area contributed by atoms with E-state index in [1.54, 1.807) is 12.3 Å². The molecule has 1 saturated heterocycles. The number of carboxylic acid groups (broad SMARTS) is 1. The van der Waals surface area contributed by atoms with Gasteiger partial charge in [0.2, 0.25) is 0 Å². The van der Waals surface area contributed by atoms with Crippen LogP contribution >= 0.6 is 0 Å². The first-order chi connectivity index (χ1) is 10.2. The van der Waals surface area contributed by atoms with Crippen LogP contribution < -0.4 is 0 Å². The molecule has 0 unspecified atom stereocenters. The second-order valence-electron chi connectivity index (χ2n) is 6.69. The van der Waals surface area contributed by atoms with Gasteiger partial charge >= 0.3 is 5.97 Å². The van der Waals surface area contributed by atoms with Crippen molar-refractivity contribution in [2.24, 2.45) is 5.41 Å². The lowest BCUT2D eigenvalue weighted by Gasteiger charge is -2.44. The predicted octanol–water partition coefficient (Wildman–Crippen LogP) is 3.33. The fourth-order valence-corrected chi connectivity index (χ4v) is 3.94. The topological polar surface area (TPSA) is 53.4 Å². The summed E-state index contributed by atoms with van der Waals surface area (Å²) in [7, 11) is 0. The fraction of sp³-hybridized carbons (Fsp3) is 0.647. The number of likely N-dealkylation sites (tertiary alicyclic amines) is 1. The van der Waals surface area contributed by atoms with Gasteiger partial charge in [0.25, 0.3) is 0 Å². The summed E-state index contributed by atoms with van der Waals surface area (Å²) in [5.74, 6) is -0.948. The minimum atomic E-state index is -0.948. The number of carboxylic acids is 1. The maximum atomic E-state index is 11.0. The molecule has 0 radical (unpaired) electrons. The quantitative estimate of drug-likeness (QED) is 0.927. The third kappa shape index (κ3) is 3.43. The van der Waals surface area contributed by atoms with Crippen molar-refractivity contribution in [3.8, 4) is 0 Å². The van der Waals surface area contributed by atoms with Crippen molar-refractivity contribution in [2.75, 3.05) is 13.1 Å². The van der Waals surface area contributed by atoms with E-state index in [9.17, 15) is 4.79 Å². The average Bonchev–Trinajstić information content (AvgIpc) is 2.51. The van der Waals surface area contributed by atoms with Gasteiger partial charge in [-0.15, -0.1) is 0 Å². The Balaban J connectivity index is 1.57. The van der Waals surface area contributed by atoms with Crippen LogP contribution in [0.2, 0.25) is 0 Å². The van der Waals surface area contributed by atoms with Crippen LogP contribution in [0.5, 0.6) is 0 Å². The number of aromatic carboxylic acids is 1. The van der Waals surface area contributed by atoms with Crippen LogP contribution in [0, 0.1) is 5.41 Å². The molecule has 1 aromatic rings. The van der Waals surface area contributed by atoms with Gasteiger partial charge in [0.1, 0.15) is 5.69 Å². The summed E-state index contributed by atoms with van der Waals surface area (Å²) in [6.07, 6.45) is 11.3. The Morgan fingerprint density at radius 2 is 1.90 bits per heavy atom. The van der Waals surface area contributed by atoms with Crippen LogP contribution in [0.25, 0.3) is 0 Å². The number of hydrogen-bond donors (Lipinski definition) is 1. The lowest BCUT2D eigenvalue weighted by atomic mass is 9.68. The Hall–Kier alpha value is -1.42. The fourth-order valence-electron chi connectivity index (χ4n) is 3.94. The summed E-state index contributed by atoms with van der Waals surface area (Å²) in [5, 5.41) is 9.01. The summed E-state index contributed by atoms with van der Waals surface area (Å²) in [4.78, 5) is 17.3. The van der Waals surface area contributed by atoms with E-state index >= 15 is 0 Å². The van der Waals surface area contributed by atoms with Crippen molar-refractivity contribution in [2.45, 2.75) is 51.5 Å². The Labute approximate surface area is 126 Å². The smallest absolute Gasteiger partial charge is 0.354 e. The predicted molar refractivity (Wildman–Crippen MR) is 81.2 cm³/mol. The van der Waals surface area contributed by atoms with Crippen molar-refractivity contribution >= 4 is 5.97 Å². The molecule has 21 heavy (non-hydrogen) atoms. The van der Waals surface area contributed by atoms with Crippen molar-refractivity contribution in [1.29, 1.82) is 0 Å². The van der Waals surface area contributed by atoms with E-state index in [1.165, 1.54) is 44.9 Å². The third-order valence-electron chi connectivity index (χ3n) is 5.28. The molecule has 0 aromatic carbocycles. The molecule has 0 atom stereocenters. The van der Waals surface area contributed by atoms with Crippen LogP contribution in [-0.2, 0) is 6.54 Å². The molecular weight excluding hydrogens is 264 g/mol. The second-order valence-corrected chi connectivity index (χ2v) is 6.69. The molecule has 1 N–H and O–H groups in total. The molecule has 0 bridgehead atoms. The first-order valence-corrected chi connectivity index (χ1v) is 8.08. The van der Waals surface area contributed by atoms with E-state index in [0.717, 1.165) is 25.2 Å². The Bertz CT molecular complexity index is 499. The van der Waals surface area contributed by atoms with Gasteiger partial charge in [-0.3, -0.25) is 4.90 Å². The van der Waals surface area contributed by atoms with E-state index in [2.05, 4.69) is 9.88 Å².